The molecule has 0 saturated heterocycles. The van der Waals surface area contributed by atoms with Gasteiger partial charge in [-0.1, -0.05) is 52.0 Å². The Labute approximate surface area is 191 Å². The first kappa shape index (κ1) is 22.9. The molecular weight excluding hydrogens is 432 g/mol. The third-order valence-corrected chi connectivity index (χ3v) is 5.33. The number of anilines is 1. The van der Waals surface area contributed by atoms with Gasteiger partial charge in [0.05, 0.1) is 0 Å². The highest BCUT2D eigenvalue weighted by molar-refractivity contribution is 7.03. The molecule has 0 aliphatic carbocycles. The summed E-state index contributed by atoms with van der Waals surface area (Å²) in [7, 11) is 0. The van der Waals surface area contributed by atoms with Crippen molar-refractivity contribution in [2.45, 2.75) is 46.2 Å². The van der Waals surface area contributed by atoms with Gasteiger partial charge < -0.3 is 5.32 Å². The Balaban J connectivity index is 2.24. The minimum atomic E-state index is -0.925. The van der Waals surface area contributed by atoms with Crippen molar-refractivity contribution in [3.63, 3.8) is 0 Å². The number of halogens is 1. The fraction of sp³-hybridized carbons (Fsp3) is 0.304. The first-order valence-corrected chi connectivity index (χ1v) is 11.0. The largest absolute Gasteiger partial charge is 0.349 e. The summed E-state index contributed by atoms with van der Waals surface area (Å²) in [6.45, 7) is 9.53. The fourth-order valence-corrected chi connectivity index (χ4v) is 3.88. The lowest BCUT2D eigenvalue weighted by molar-refractivity contribution is -0.123. The minimum Gasteiger partial charge on any atom is -0.349 e. The highest BCUT2D eigenvalue weighted by Crippen LogP contribution is 2.34. The van der Waals surface area contributed by atoms with Crippen LogP contribution in [0.5, 0.6) is 0 Å². The zero-order valence-corrected chi connectivity index (χ0v) is 19.7. The van der Waals surface area contributed by atoms with Crippen molar-refractivity contribution < 1.29 is 9.59 Å². The lowest BCUT2D eigenvalue weighted by atomic mass is 9.98. The second-order valence-electron chi connectivity index (χ2n) is 8.45. The topological polar surface area (TPSA) is 75.2 Å². The van der Waals surface area contributed by atoms with Crippen molar-refractivity contribution in [1.29, 1.82) is 0 Å². The zero-order chi connectivity index (χ0) is 22.8. The van der Waals surface area contributed by atoms with E-state index in [1.54, 1.807) is 17.5 Å². The summed E-state index contributed by atoms with van der Waals surface area (Å²) in [5.41, 5.74) is 2.71. The number of aryl methyl sites for hydroxylation is 2. The number of rotatable bonds is 5. The Bertz CT molecular complexity index is 1090. The Kier molecular flexibility index (Phi) is 6.77. The van der Waals surface area contributed by atoms with Gasteiger partial charge in [-0.2, -0.15) is 0 Å². The molecule has 0 radical (unpaired) electrons. The van der Waals surface area contributed by atoms with E-state index < -0.39 is 17.5 Å². The summed E-state index contributed by atoms with van der Waals surface area (Å²) in [5.74, 6) is -0.719. The van der Waals surface area contributed by atoms with Crippen LogP contribution in [0.2, 0.25) is 5.02 Å². The van der Waals surface area contributed by atoms with Crippen molar-refractivity contribution in [3.05, 3.63) is 75.3 Å². The van der Waals surface area contributed by atoms with Gasteiger partial charge in [0, 0.05) is 21.6 Å². The molecule has 1 atom stereocenters. The van der Waals surface area contributed by atoms with Crippen LogP contribution in [0.15, 0.2) is 47.8 Å². The Morgan fingerprint density at radius 2 is 1.87 bits per heavy atom. The highest BCUT2D eigenvalue weighted by atomic mass is 35.5. The summed E-state index contributed by atoms with van der Waals surface area (Å²) in [5, 5.41) is 9.02. The van der Waals surface area contributed by atoms with Crippen LogP contribution in [-0.4, -0.2) is 26.9 Å². The number of hydrogen-bond acceptors (Lipinski definition) is 5. The van der Waals surface area contributed by atoms with Gasteiger partial charge in [-0.05, 0) is 69.4 Å². The average molecular weight is 457 g/mol. The second kappa shape index (κ2) is 9.16. The molecule has 1 aromatic heterocycles. The number of hydrogen-bond donors (Lipinski definition) is 1. The van der Waals surface area contributed by atoms with Gasteiger partial charge in [-0.15, -0.1) is 5.10 Å². The molecule has 1 unspecified atom stereocenters. The lowest BCUT2D eigenvalue weighted by Crippen LogP contribution is -2.49. The van der Waals surface area contributed by atoms with E-state index in [0.717, 1.165) is 22.7 Å². The maximum absolute atomic E-state index is 13.6. The molecule has 0 fully saturated rings. The van der Waals surface area contributed by atoms with E-state index in [1.807, 2.05) is 65.0 Å². The van der Waals surface area contributed by atoms with Crippen molar-refractivity contribution in [2.75, 3.05) is 4.90 Å². The van der Waals surface area contributed by atoms with Crippen LogP contribution in [0.25, 0.3) is 0 Å². The normalized spacial score (nSPS) is 12.3. The number of carbonyl (C=O) groups excluding carboxylic acids is 2. The van der Waals surface area contributed by atoms with Gasteiger partial charge in [0.2, 0.25) is 5.91 Å². The summed E-state index contributed by atoms with van der Waals surface area (Å²) in [4.78, 5) is 28.7. The number of amides is 2. The van der Waals surface area contributed by atoms with Gasteiger partial charge >= 0.3 is 0 Å². The van der Waals surface area contributed by atoms with E-state index in [0.29, 0.717) is 16.3 Å². The Morgan fingerprint density at radius 1 is 1.13 bits per heavy atom. The molecule has 3 aromatic rings. The van der Waals surface area contributed by atoms with Crippen LogP contribution in [0.4, 0.5) is 5.69 Å². The molecule has 0 aliphatic rings. The molecule has 3 rings (SSSR count). The van der Waals surface area contributed by atoms with E-state index in [9.17, 15) is 9.59 Å². The van der Waals surface area contributed by atoms with Gasteiger partial charge in [0.25, 0.3) is 5.91 Å². The molecule has 1 N–H and O–H groups in total. The molecule has 0 aliphatic heterocycles. The molecule has 31 heavy (non-hydrogen) atoms. The first-order chi connectivity index (χ1) is 14.6. The van der Waals surface area contributed by atoms with E-state index in [-0.39, 0.29) is 11.6 Å². The second-order valence-corrected chi connectivity index (χ2v) is 9.50. The number of carbonyl (C=O) groups is 2. The quantitative estimate of drug-likeness (QED) is 0.578. The Hall–Kier alpha value is -2.77. The molecule has 1 heterocycles. The number of nitrogens with one attached hydrogen (secondary N) is 1. The van der Waals surface area contributed by atoms with Crippen molar-refractivity contribution >= 4 is 40.6 Å². The molecular formula is C23H25ClN4O2S. The smallest absolute Gasteiger partial charge is 0.280 e. The van der Waals surface area contributed by atoms with Crippen LogP contribution in [0, 0.1) is 13.8 Å². The molecule has 0 bridgehead atoms. The standard InChI is InChI=1S/C23H25ClN4O2S/c1-14-7-6-8-16(11-14)20(21(29)25-23(3,4)5)28(22(30)18-13-31-27-26-18)19-12-17(24)10-9-15(19)2/h6-13,20H,1-5H3,(H,25,29). The van der Waals surface area contributed by atoms with E-state index >= 15 is 0 Å². The third-order valence-electron chi connectivity index (χ3n) is 4.59. The van der Waals surface area contributed by atoms with Crippen LogP contribution >= 0.6 is 23.1 Å². The van der Waals surface area contributed by atoms with Crippen molar-refractivity contribution in [2.24, 2.45) is 0 Å². The fourth-order valence-electron chi connectivity index (χ4n) is 3.28. The zero-order valence-electron chi connectivity index (χ0n) is 18.1. The Morgan fingerprint density at radius 3 is 2.48 bits per heavy atom. The highest BCUT2D eigenvalue weighted by Gasteiger charge is 2.36. The summed E-state index contributed by atoms with van der Waals surface area (Å²) in [6.07, 6.45) is 0. The minimum absolute atomic E-state index is 0.172. The van der Waals surface area contributed by atoms with Crippen LogP contribution < -0.4 is 10.2 Å². The summed E-state index contributed by atoms with van der Waals surface area (Å²) in [6, 6.07) is 11.9. The number of aromatic nitrogens is 2. The summed E-state index contributed by atoms with van der Waals surface area (Å²) < 4.78 is 3.83. The first-order valence-electron chi connectivity index (χ1n) is 9.82. The van der Waals surface area contributed by atoms with Gasteiger partial charge in [-0.25, -0.2) is 0 Å². The lowest BCUT2D eigenvalue weighted by Gasteiger charge is -2.34. The SMILES string of the molecule is Cc1cccc(C(C(=O)NC(C)(C)C)N(C(=O)c2csnn2)c2cc(Cl)ccc2C)c1. The molecule has 0 spiro atoms. The van der Waals surface area contributed by atoms with E-state index in [1.165, 1.54) is 4.90 Å². The molecule has 0 saturated carbocycles. The van der Waals surface area contributed by atoms with Crippen LogP contribution in [-0.2, 0) is 4.79 Å². The average Bonchev–Trinajstić information content (AvgIpc) is 3.21. The van der Waals surface area contributed by atoms with Crippen molar-refractivity contribution in [3.8, 4) is 0 Å². The predicted molar refractivity (Wildman–Crippen MR) is 125 cm³/mol. The molecule has 6 nitrogen and oxygen atoms in total. The van der Waals surface area contributed by atoms with Gasteiger partial charge in [0.1, 0.15) is 6.04 Å². The molecule has 162 valence electrons. The van der Waals surface area contributed by atoms with Crippen LogP contribution in [0.3, 0.4) is 0 Å². The number of nitrogens with zero attached hydrogens (tertiary/aromatic N) is 3. The summed E-state index contributed by atoms with van der Waals surface area (Å²) >= 11 is 7.37. The molecule has 2 amide bonds. The van der Waals surface area contributed by atoms with E-state index in [2.05, 4.69) is 14.9 Å². The monoisotopic (exact) mass is 456 g/mol. The predicted octanol–water partition coefficient (Wildman–Crippen LogP) is 5.11. The maximum atomic E-state index is 13.6. The van der Waals surface area contributed by atoms with Gasteiger partial charge in [-0.3, -0.25) is 14.5 Å². The van der Waals surface area contributed by atoms with Crippen LogP contribution in [0.1, 0.15) is 54.0 Å². The molecule has 2 aromatic carbocycles. The van der Waals surface area contributed by atoms with Gasteiger partial charge in [0.15, 0.2) is 5.69 Å². The number of benzene rings is 2. The third kappa shape index (κ3) is 5.48. The van der Waals surface area contributed by atoms with E-state index in [4.69, 9.17) is 11.6 Å². The molecule has 8 heteroatoms. The van der Waals surface area contributed by atoms with Crippen molar-refractivity contribution in [1.82, 2.24) is 14.9 Å². The maximum Gasteiger partial charge on any atom is 0.280 e.